The molecule has 19 heavy (non-hydrogen) atoms. The molecule has 2 N–H and O–H groups in total. The maximum absolute atomic E-state index is 11.9. The van der Waals surface area contributed by atoms with Crippen LogP contribution < -0.4 is 10.1 Å². The van der Waals surface area contributed by atoms with Crippen LogP contribution in [0.1, 0.15) is 10.4 Å². The van der Waals surface area contributed by atoms with Gasteiger partial charge in [-0.15, -0.1) is 13.2 Å². The fraction of sp³-hybridized carbons (Fsp3) is 0.0909. The Hall–Kier alpha value is -2.51. The van der Waals surface area contributed by atoms with Crippen molar-refractivity contribution in [1.29, 1.82) is 0 Å². The van der Waals surface area contributed by atoms with E-state index in [1.165, 1.54) is 24.5 Å². The lowest BCUT2D eigenvalue weighted by molar-refractivity contribution is -0.274. The summed E-state index contributed by atoms with van der Waals surface area (Å²) in [5.41, 5.74) is 0.663. The molecule has 1 amide bonds. The van der Waals surface area contributed by atoms with Crippen molar-refractivity contribution >= 4 is 11.6 Å². The predicted octanol–water partition coefficient (Wildman–Crippen LogP) is 2.56. The number of aromatic amines is 1. The Labute approximate surface area is 105 Å². The number of hydrogen-bond acceptors (Lipinski definition) is 3. The van der Waals surface area contributed by atoms with Gasteiger partial charge in [-0.3, -0.25) is 9.89 Å². The molecule has 0 bridgehead atoms. The van der Waals surface area contributed by atoms with Gasteiger partial charge in [0.2, 0.25) is 0 Å². The summed E-state index contributed by atoms with van der Waals surface area (Å²) in [5, 5.41) is 8.66. The average molecular weight is 271 g/mol. The minimum absolute atomic E-state index is 0.204. The van der Waals surface area contributed by atoms with Gasteiger partial charge >= 0.3 is 6.36 Å². The van der Waals surface area contributed by atoms with E-state index in [2.05, 4.69) is 20.3 Å². The number of nitrogens with one attached hydrogen (secondary N) is 2. The lowest BCUT2D eigenvalue weighted by Crippen LogP contribution is -2.17. The molecule has 8 heteroatoms. The van der Waals surface area contributed by atoms with E-state index in [0.29, 0.717) is 5.69 Å². The molecule has 1 heterocycles. The predicted molar refractivity (Wildman–Crippen MR) is 59.7 cm³/mol. The largest absolute Gasteiger partial charge is 0.573 e. The summed E-state index contributed by atoms with van der Waals surface area (Å²) in [4.78, 5) is 11.7. The molecule has 0 saturated heterocycles. The van der Waals surface area contributed by atoms with Crippen molar-refractivity contribution in [2.45, 2.75) is 6.36 Å². The van der Waals surface area contributed by atoms with E-state index in [9.17, 15) is 18.0 Å². The first-order valence-electron chi connectivity index (χ1n) is 5.10. The highest BCUT2D eigenvalue weighted by Crippen LogP contribution is 2.22. The second-order valence-electron chi connectivity index (χ2n) is 3.51. The van der Waals surface area contributed by atoms with Crippen molar-refractivity contribution in [2.24, 2.45) is 0 Å². The molecule has 0 atom stereocenters. The summed E-state index contributed by atoms with van der Waals surface area (Å²) in [5.74, 6) is -0.840. The second-order valence-corrected chi connectivity index (χ2v) is 3.51. The number of carbonyl (C=O) groups excluding carboxylic acids is 1. The number of rotatable bonds is 3. The average Bonchev–Trinajstić information content (AvgIpc) is 2.80. The Balaban J connectivity index is 2.04. The molecule has 100 valence electrons. The number of ether oxygens (including phenoxy) is 1. The minimum Gasteiger partial charge on any atom is -0.406 e. The van der Waals surface area contributed by atoms with E-state index >= 15 is 0 Å². The first-order valence-corrected chi connectivity index (χ1v) is 5.10. The summed E-state index contributed by atoms with van der Waals surface area (Å²) in [6.45, 7) is 0. The van der Waals surface area contributed by atoms with Crippen molar-refractivity contribution in [3.05, 3.63) is 42.2 Å². The summed E-state index contributed by atoms with van der Waals surface area (Å²) in [7, 11) is 0. The van der Waals surface area contributed by atoms with Crippen molar-refractivity contribution in [1.82, 2.24) is 10.2 Å². The van der Waals surface area contributed by atoms with Crippen LogP contribution in [0.5, 0.6) is 5.75 Å². The molecule has 5 nitrogen and oxygen atoms in total. The van der Waals surface area contributed by atoms with Crippen LogP contribution in [0, 0.1) is 0 Å². The summed E-state index contributed by atoms with van der Waals surface area (Å²) < 4.78 is 39.5. The molecule has 0 aliphatic heterocycles. The highest BCUT2D eigenvalue weighted by Gasteiger charge is 2.31. The zero-order valence-corrected chi connectivity index (χ0v) is 9.36. The zero-order chi connectivity index (χ0) is 13.9. The van der Waals surface area contributed by atoms with Crippen molar-refractivity contribution in [3.8, 4) is 5.75 Å². The van der Waals surface area contributed by atoms with Crippen LogP contribution in [-0.2, 0) is 0 Å². The number of amides is 1. The number of carbonyl (C=O) groups is 1. The van der Waals surface area contributed by atoms with Gasteiger partial charge in [0, 0.05) is 11.8 Å². The minimum atomic E-state index is -4.75. The van der Waals surface area contributed by atoms with E-state index in [1.807, 2.05) is 0 Å². The molecular weight excluding hydrogens is 263 g/mol. The van der Waals surface area contributed by atoms with Gasteiger partial charge in [0.15, 0.2) is 0 Å². The number of hydrogen-bond donors (Lipinski definition) is 2. The van der Waals surface area contributed by atoms with Gasteiger partial charge in [0.05, 0.1) is 11.9 Å². The van der Waals surface area contributed by atoms with Crippen molar-refractivity contribution in [2.75, 3.05) is 5.32 Å². The third kappa shape index (κ3) is 3.73. The van der Waals surface area contributed by atoms with E-state index in [4.69, 9.17) is 0 Å². The monoisotopic (exact) mass is 271 g/mol. The first-order chi connectivity index (χ1) is 8.94. The molecule has 0 spiro atoms. The first kappa shape index (κ1) is 12.9. The molecular formula is C11H8F3N3O2. The topological polar surface area (TPSA) is 67.0 Å². The lowest BCUT2D eigenvalue weighted by Gasteiger charge is -2.09. The fourth-order valence-corrected chi connectivity index (χ4v) is 1.33. The molecule has 0 aliphatic carbocycles. The lowest BCUT2D eigenvalue weighted by atomic mass is 10.2. The van der Waals surface area contributed by atoms with Gasteiger partial charge in [-0.05, 0) is 24.3 Å². The molecule has 0 saturated carbocycles. The van der Waals surface area contributed by atoms with Crippen LogP contribution in [0.25, 0.3) is 0 Å². The quantitative estimate of drug-likeness (QED) is 0.901. The van der Waals surface area contributed by atoms with Gasteiger partial charge in [-0.2, -0.15) is 5.10 Å². The van der Waals surface area contributed by atoms with E-state index in [-0.39, 0.29) is 11.3 Å². The molecule has 0 unspecified atom stereocenters. The molecule has 1 aromatic heterocycles. The van der Waals surface area contributed by atoms with Crippen LogP contribution in [-0.4, -0.2) is 22.5 Å². The third-order valence-electron chi connectivity index (χ3n) is 2.11. The maximum Gasteiger partial charge on any atom is 0.573 e. The molecule has 0 fully saturated rings. The number of halogens is 3. The highest BCUT2D eigenvalue weighted by atomic mass is 19.4. The molecule has 2 aromatic rings. The summed E-state index contributed by atoms with van der Waals surface area (Å²) >= 11 is 0. The second kappa shape index (κ2) is 5.01. The standard InChI is InChI=1S/C11H8F3N3O2/c12-11(13,14)19-9-3-1-7(2-4-9)10(18)17-8-5-15-16-6-8/h1-6H,(H,15,16)(H,17,18). The maximum atomic E-state index is 11.9. The van der Waals surface area contributed by atoms with Gasteiger partial charge in [-0.1, -0.05) is 0 Å². The van der Waals surface area contributed by atoms with Crippen LogP contribution >= 0.6 is 0 Å². The number of alkyl halides is 3. The van der Waals surface area contributed by atoms with Gasteiger partial charge in [-0.25, -0.2) is 0 Å². The Bertz CT molecular complexity index is 550. The molecule has 0 aliphatic rings. The Kier molecular flexibility index (Phi) is 3.41. The number of anilines is 1. The molecule has 2 rings (SSSR count). The van der Waals surface area contributed by atoms with Crippen molar-refractivity contribution < 1.29 is 22.7 Å². The third-order valence-corrected chi connectivity index (χ3v) is 2.11. The SMILES string of the molecule is O=C(Nc1cn[nH]c1)c1ccc(OC(F)(F)F)cc1. The van der Waals surface area contributed by atoms with Gasteiger partial charge in [0.25, 0.3) is 5.91 Å². The van der Waals surface area contributed by atoms with Crippen LogP contribution in [0.2, 0.25) is 0 Å². The molecule has 1 aromatic carbocycles. The Morgan fingerprint density at radius 3 is 2.47 bits per heavy atom. The summed E-state index contributed by atoms with van der Waals surface area (Å²) in [6, 6.07) is 4.60. The Morgan fingerprint density at radius 1 is 1.26 bits per heavy atom. The van der Waals surface area contributed by atoms with Crippen molar-refractivity contribution in [3.63, 3.8) is 0 Å². The number of benzene rings is 1. The number of nitrogens with zero attached hydrogens (tertiary/aromatic N) is 1. The van der Waals surface area contributed by atoms with E-state index in [1.54, 1.807) is 0 Å². The van der Waals surface area contributed by atoms with Gasteiger partial charge in [0.1, 0.15) is 5.75 Å². The fourth-order valence-electron chi connectivity index (χ4n) is 1.33. The smallest absolute Gasteiger partial charge is 0.406 e. The normalized spacial score (nSPS) is 11.1. The zero-order valence-electron chi connectivity index (χ0n) is 9.36. The van der Waals surface area contributed by atoms with E-state index in [0.717, 1.165) is 12.1 Å². The molecule has 0 radical (unpaired) electrons. The van der Waals surface area contributed by atoms with Crippen LogP contribution in [0.15, 0.2) is 36.7 Å². The summed E-state index contributed by atoms with van der Waals surface area (Å²) in [6.07, 6.45) is -1.88. The number of H-pyrrole nitrogens is 1. The van der Waals surface area contributed by atoms with Gasteiger partial charge < -0.3 is 10.1 Å². The van der Waals surface area contributed by atoms with E-state index < -0.39 is 12.3 Å². The van der Waals surface area contributed by atoms with Crippen LogP contribution in [0.4, 0.5) is 18.9 Å². The number of aromatic nitrogens is 2. The Morgan fingerprint density at radius 2 is 1.95 bits per heavy atom. The highest BCUT2D eigenvalue weighted by molar-refractivity contribution is 6.04. The van der Waals surface area contributed by atoms with Crippen LogP contribution in [0.3, 0.4) is 0 Å².